The molecule has 0 aromatic heterocycles. The highest BCUT2D eigenvalue weighted by molar-refractivity contribution is 4.59. The Morgan fingerprint density at radius 2 is 0.609 bits per heavy atom. The quantitative estimate of drug-likeness (QED) is 0.281. The van der Waals surface area contributed by atoms with Crippen molar-refractivity contribution >= 4 is 0 Å². The zero-order valence-electron chi connectivity index (χ0n) is 17.8. The first-order chi connectivity index (χ1) is 11.2. The molecular weight excluding hydrogens is 276 g/mol. The minimum atomic E-state index is 1.03. The molecule has 0 radical (unpaired) electrons. The summed E-state index contributed by atoms with van der Waals surface area (Å²) in [5, 5.41) is 0. The Bertz CT molecular complexity index is 170. The van der Waals surface area contributed by atoms with Gasteiger partial charge >= 0.3 is 0 Å². The van der Waals surface area contributed by atoms with Crippen LogP contribution in [0.5, 0.6) is 0 Å². The molecule has 0 heteroatoms. The summed E-state index contributed by atoms with van der Waals surface area (Å²) in [5.74, 6) is 2.07. The van der Waals surface area contributed by atoms with E-state index in [4.69, 9.17) is 0 Å². The van der Waals surface area contributed by atoms with Crippen molar-refractivity contribution in [1.82, 2.24) is 0 Å². The zero-order valence-corrected chi connectivity index (χ0v) is 17.8. The Hall–Kier alpha value is 0. The second kappa shape index (κ2) is 22.0. The predicted octanol–water partition coefficient (Wildman–Crippen LogP) is 9.18. The summed E-state index contributed by atoms with van der Waals surface area (Å²) in [6, 6.07) is 0. The highest BCUT2D eigenvalue weighted by atomic mass is 14.1. The van der Waals surface area contributed by atoms with Crippen molar-refractivity contribution in [1.29, 1.82) is 0 Å². The Balaban J connectivity index is 0. The maximum absolute atomic E-state index is 2.31. The van der Waals surface area contributed by atoms with Crippen molar-refractivity contribution < 1.29 is 0 Å². The van der Waals surface area contributed by atoms with E-state index in [-0.39, 0.29) is 0 Å². The van der Waals surface area contributed by atoms with Gasteiger partial charge in [-0.2, -0.15) is 0 Å². The van der Waals surface area contributed by atoms with Gasteiger partial charge in [-0.3, -0.25) is 0 Å². The predicted molar refractivity (Wildman–Crippen MR) is 110 cm³/mol. The summed E-state index contributed by atoms with van der Waals surface area (Å²) in [5.41, 5.74) is 0. The third kappa shape index (κ3) is 20.0. The van der Waals surface area contributed by atoms with Gasteiger partial charge in [0.25, 0.3) is 0 Å². The fraction of sp³-hybridized carbons (Fsp3) is 1.00. The molecule has 0 spiro atoms. The molecule has 0 saturated heterocycles. The largest absolute Gasteiger partial charge is 0.0654 e. The Labute approximate surface area is 150 Å². The van der Waals surface area contributed by atoms with Gasteiger partial charge < -0.3 is 0 Å². The summed E-state index contributed by atoms with van der Waals surface area (Å²) in [4.78, 5) is 0. The van der Waals surface area contributed by atoms with Crippen LogP contribution in [0.1, 0.15) is 138 Å². The van der Waals surface area contributed by atoms with E-state index in [1.54, 1.807) is 0 Å². The third-order valence-corrected chi connectivity index (χ3v) is 4.99. The third-order valence-electron chi connectivity index (χ3n) is 4.99. The molecule has 0 aliphatic heterocycles. The van der Waals surface area contributed by atoms with Crippen molar-refractivity contribution in [3.63, 3.8) is 0 Å². The Morgan fingerprint density at radius 3 is 0.826 bits per heavy atom. The number of unbranched alkanes of at least 4 members (excludes halogenated alkanes) is 3. The fourth-order valence-corrected chi connectivity index (χ4v) is 3.57. The van der Waals surface area contributed by atoms with Crippen LogP contribution in [0.25, 0.3) is 0 Å². The average molecular weight is 327 g/mol. The van der Waals surface area contributed by atoms with E-state index in [0.29, 0.717) is 0 Å². The van der Waals surface area contributed by atoms with Crippen molar-refractivity contribution in [3.05, 3.63) is 0 Å². The molecule has 0 aromatic carbocycles. The maximum atomic E-state index is 2.31. The van der Waals surface area contributed by atoms with E-state index in [9.17, 15) is 0 Å². The molecule has 0 amide bonds. The van der Waals surface area contributed by atoms with E-state index in [1.807, 2.05) is 0 Å². The van der Waals surface area contributed by atoms with Gasteiger partial charge in [-0.25, -0.2) is 0 Å². The molecule has 0 heterocycles. The van der Waals surface area contributed by atoms with Gasteiger partial charge in [-0.1, -0.05) is 138 Å². The first-order valence-electron chi connectivity index (χ1n) is 11.2. The van der Waals surface area contributed by atoms with Gasteiger partial charge in [-0.05, 0) is 11.8 Å². The standard InChI is InChI=1S/C12H26.C11H24/c1-4-7-10-12(9-6-3)11-8-5-2;1-4-7-10-11(8-5-2)9-6-3/h12H,4-11H2,1-3H3;11H,4-10H2,1-3H3. The van der Waals surface area contributed by atoms with Crippen molar-refractivity contribution in [2.24, 2.45) is 11.8 Å². The Morgan fingerprint density at radius 1 is 0.348 bits per heavy atom. The zero-order chi connectivity index (χ0) is 17.8. The van der Waals surface area contributed by atoms with Gasteiger partial charge in [0.1, 0.15) is 0 Å². The molecule has 0 atom stereocenters. The summed E-state index contributed by atoms with van der Waals surface area (Å²) < 4.78 is 0. The van der Waals surface area contributed by atoms with Crippen molar-refractivity contribution in [2.45, 2.75) is 138 Å². The molecule has 0 aliphatic rings. The second-order valence-electron chi connectivity index (χ2n) is 7.52. The lowest BCUT2D eigenvalue weighted by atomic mass is 9.92. The molecule has 0 rings (SSSR count). The molecule has 0 bridgehead atoms. The molecule has 142 valence electrons. The molecule has 23 heavy (non-hydrogen) atoms. The van der Waals surface area contributed by atoms with Crippen LogP contribution in [0.2, 0.25) is 0 Å². The maximum Gasteiger partial charge on any atom is -0.0414 e. The van der Waals surface area contributed by atoms with E-state index in [1.165, 1.54) is 96.3 Å². The molecule has 0 nitrogen and oxygen atoms in total. The summed E-state index contributed by atoms with van der Waals surface area (Å²) >= 11 is 0. The normalized spacial score (nSPS) is 11.0. The van der Waals surface area contributed by atoms with Crippen LogP contribution >= 0.6 is 0 Å². The van der Waals surface area contributed by atoms with Gasteiger partial charge in [-0.15, -0.1) is 0 Å². The van der Waals surface area contributed by atoms with Crippen LogP contribution in [0.15, 0.2) is 0 Å². The molecule has 0 aromatic rings. The summed E-state index contributed by atoms with van der Waals surface area (Å²) in [7, 11) is 0. The van der Waals surface area contributed by atoms with Gasteiger partial charge in [0.15, 0.2) is 0 Å². The first kappa shape index (κ1) is 25.2. The minimum Gasteiger partial charge on any atom is -0.0654 e. The van der Waals surface area contributed by atoms with Crippen LogP contribution < -0.4 is 0 Å². The van der Waals surface area contributed by atoms with Crippen LogP contribution in [-0.4, -0.2) is 0 Å². The van der Waals surface area contributed by atoms with Gasteiger partial charge in [0.2, 0.25) is 0 Å². The van der Waals surface area contributed by atoms with E-state index in [2.05, 4.69) is 41.5 Å². The lowest BCUT2D eigenvalue weighted by molar-refractivity contribution is 0.390. The molecule has 0 saturated carbocycles. The highest BCUT2D eigenvalue weighted by Crippen LogP contribution is 2.21. The molecule has 0 fully saturated rings. The Kier molecular flexibility index (Phi) is 24.1. The lowest BCUT2D eigenvalue weighted by Gasteiger charge is -2.14. The highest BCUT2D eigenvalue weighted by Gasteiger charge is 2.06. The minimum absolute atomic E-state index is 1.03. The SMILES string of the molecule is CCCCC(CCC)CCC.CCCCC(CCC)CCCC. The molecule has 0 aliphatic carbocycles. The van der Waals surface area contributed by atoms with Crippen molar-refractivity contribution in [2.75, 3.05) is 0 Å². The molecule has 0 unspecified atom stereocenters. The van der Waals surface area contributed by atoms with Crippen LogP contribution in [0, 0.1) is 11.8 Å². The number of hydrogen-bond acceptors (Lipinski definition) is 0. The summed E-state index contributed by atoms with van der Waals surface area (Å²) in [6.07, 6.45) is 21.3. The smallest absolute Gasteiger partial charge is 0.0414 e. The molecular formula is C23H50. The van der Waals surface area contributed by atoms with Crippen LogP contribution in [0.4, 0.5) is 0 Å². The topological polar surface area (TPSA) is 0 Å². The van der Waals surface area contributed by atoms with Gasteiger partial charge in [0, 0.05) is 0 Å². The van der Waals surface area contributed by atoms with Crippen LogP contribution in [0.3, 0.4) is 0 Å². The van der Waals surface area contributed by atoms with E-state index < -0.39 is 0 Å². The monoisotopic (exact) mass is 326 g/mol. The van der Waals surface area contributed by atoms with E-state index in [0.717, 1.165) is 11.8 Å². The number of hydrogen-bond donors (Lipinski definition) is 0. The average Bonchev–Trinajstić information content (AvgIpc) is 2.56. The lowest BCUT2D eigenvalue weighted by Crippen LogP contribution is -1.99. The van der Waals surface area contributed by atoms with Gasteiger partial charge in [0.05, 0.1) is 0 Å². The van der Waals surface area contributed by atoms with E-state index >= 15 is 0 Å². The first-order valence-corrected chi connectivity index (χ1v) is 11.2. The number of rotatable bonds is 15. The van der Waals surface area contributed by atoms with Crippen LogP contribution in [-0.2, 0) is 0 Å². The second-order valence-corrected chi connectivity index (χ2v) is 7.52. The summed E-state index contributed by atoms with van der Waals surface area (Å²) in [6.45, 7) is 13.8. The van der Waals surface area contributed by atoms with Crippen molar-refractivity contribution in [3.8, 4) is 0 Å². The molecule has 0 N–H and O–H groups in total. The fourth-order valence-electron chi connectivity index (χ4n) is 3.57.